The molecule has 1 aliphatic heterocycles. The van der Waals surface area contributed by atoms with E-state index in [1.807, 2.05) is 0 Å². The quantitative estimate of drug-likeness (QED) is 0.638. The van der Waals surface area contributed by atoms with E-state index in [-0.39, 0.29) is 27.8 Å². The highest BCUT2D eigenvalue weighted by Crippen LogP contribution is 2.35. The van der Waals surface area contributed by atoms with Crippen molar-refractivity contribution in [1.29, 1.82) is 0 Å². The number of hydrogen-bond acceptors (Lipinski definition) is 6. The van der Waals surface area contributed by atoms with Gasteiger partial charge in [-0.15, -0.1) is 0 Å². The number of oxazole rings is 1. The van der Waals surface area contributed by atoms with E-state index in [2.05, 4.69) is 10.3 Å². The van der Waals surface area contributed by atoms with Crippen LogP contribution in [0, 0.1) is 0 Å². The summed E-state index contributed by atoms with van der Waals surface area (Å²) < 4.78 is 37.7. The highest BCUT2D eigenvalue weighted by Gasteiger charge is 2.29. The maximum absolute atomic E-state index is 13.2. The normalized spacial score (nSPS) is 17.0. The van der Waals surface area contributed by atoms with Crippen molar-refractivity contribution >= 4 is 27.3 Å². The molecule has 0 bridgehead atoms. The van der Waals surface area contributed by atoms with Gasteiger partial charge in [-0.2, -0.15) is 4.98 Å². The first-order valence-corrected chi connectivity index (χ1v) is 10.8. The Morgan fingerprint density at radius 3 is 2.57 bits per heavy atom. The summed E-state index contributed by atoms with van der Waals surface area (Å²) in [5, 5.41) is 3.33. The Morgan fingerprint density at radius 2 is 1.86 bits per heavy atom. The first-order valence-electron chi connectivity index (χ1n) is 8.97. The number of hydrogen-bond donors (Lipinski definition) is 1. The number of benzene rings is 2. The van der Waals surface area contributed by atoms with Crippen molar-refractivity contribution in [3.63, 3.8) is 0 Å². The fourth-order valence-electron chi connectivity index (χ4n) is 3.07. The zero-order valence-corrected chi connectivity index (χ0v) is 16.5. The Labute approximate surface area is 168 Å². The summed E-state index contributed by atoms with van der Waals surface area (Å²) in [6, 6.07) is 15.2. The highest BCUT2D eigenvalue weighted by atomic mass is 35.5. The second-order valence-corrected chi connectivity index (χ2v) is 8.74. The Morgan fingerprint density at radius 1 is 1.11 bits per heavy atom. The molecule has 28 heavy (non-hydrogen) atoms. The lowest BCUT2D eigenvalue weighted by molar-refractivity contribution is 0.120. The molecule has 2 aromatic carbocycles. The van der Waals surface area contributed by atoms with Crippen molar-refractivity contribution in [3.8, 4) is 11.5 Å². The lowest BCUT2D eigenvalue weighted by atomic mass is 10.2. The zero-order chi connectivity index (χ0) is 19.6. The van der Waals surface area contributed by atoms with E-state index in [0.717, 1.165) is 12.8 Å². The van der Waals surface area contributed by atoms with E-state index in [9.17, 15) is 8.42 Å². The molecule has 1 atom stereocenters. The minimum absolute atomic E-state index is 0.0149. The zero-order valence-electron chi connectivity index (χ0n) is 15.0. The van der Waals surface area contributed by atoms with Crippen LogP contribution in [0.15, 0.2) is 68.9 Å². The van der Waals surface area contributed by atoms with Crippen LogP contribution in [-0.2, 0) is 14.6 Å². The minimum Gasteiger partial charge on any atom is -0.419 e. The number of rotatable bonds is 6. The van der Waals surface area contributed by atoms with Crippen LogP contribution in [0.1, 0.15) is 12.8 Å². The molecule has 0 radical (unpaired) electrons. The van der Waals surface area contributed by atoms with E-state index in [0.29, 0.717) is 23.7 Å². The maximum atomic E-state index is 13.2. The average Bonchev–Trinajstić information content (AvgIpc) is 3.37. The molecule has 1 fully saturated rings. The van der Waals surface area contributed by atoms with Crippen molar-refractivity contribution in [2.75, 3.05) is 18.5 Å². The summed E-state index contributed by atoms with van der Waals surface area (Å²) in [6.45, 7) is 1.15. The molecule has 4 rings (SSSR count). The molecule has 1 N–H and O–H groups in total. The maximum Gasteiger partial charge on any atom is 0.233 e. The largest absolute Gasteiger partial charge is 0.419 e. The number of nitrogens with one attached hydrogen (secondary N) is 1. The van der Waals surface area contributed by atoms with Gasteiger partial charge in [-0.25, -0.2) is 8.42 Å². The Hall–Kier alpha value is -2.35. The Bertz CT molecular complexity index is 1060. The molecule has 0 amide bonds. The van der Waals surface area contributed by atoms with Crippen LogP contribution in [0.25, 0.3) is 11.5 Å². The third-order valence-electron chi connectivity index (χ3n) is 4.52. The second-order valence-electron chi connectivity index (χ2n) is 6.47. The molecule has 2 heterocycles. The van der Waals surface area contributed by atoms with Gasteiger partial charge in [0.15, 0.2) is 0 Å². The summed E-state index contributed by atoms with van der Waals surface area (Å²) in [4.78, 5) is 4.44. The van der Waals surface area contributed by atoms with E-state index in [1.165, 1.54) is 12.1 Å². The number of ether oxygens (including phenoxy) is 1. The number of sulfone groups is 1. The van der Waals surface area contributed by atoms with Crippen molar-refractivity contribution in [3.05, 3.63) is 59.6 Å². The van der Waals surface area contributed by atoms with Gasteiger partial charge < -0.3 is 14.5 Å². The van der Waals surface area contributed by atoms with Crippen LogP contribution in [0.2, 0.25) is 5.02 Å². The number of halogens is 1. The molecule has 1 unspecified atom stereocenters. The van der Waals surface area contributed by atoms with Crippen molar-refractivity contribution in [2.24, 2.45) is 0 Å². The smallest absolute Gasteiger partial charge is 0.233 e. The van der Waals surface area contributed by atoms with Gasteiger partial charge in [0.25, 0.3) is 0 Å². The van der Waals surface area contributed by atoms with Gasteiger partial charge in [0.1, 0.15) is 0 Å². The molecule has 1 aliphatic rings. The topological polar surface area (TPSA) is 81.4 Å². The number of aromatic nitrogens is 1. The average molecular weight is 419 g/mol. The van der Waals surface area contributed by atoms with Gasteiger partial charge in [-0.1, -0.05) is 41.9 Å². The molecule has 1 saturated heterocycles. The van der Waals surface area contributed by atoms with Crippen LogP contribution >= 0.6 is 11.6 Å². The second kappa shape index (κ2) is 7.95. The van der Waals surface area contributed by atoms with E-state index >= 15 is 0 Å². The van der Waals surface area contributed by atoms with Gasteiger partial charge >= 0.3 is 0 Å². The lowest BCUT2D eigenvalue weighted by Gasteiger charge is -2.10. The molecule has 0 spiro atoms. The SMILES string of the molecule is O=S(=O)(c1ccccc1)c1nc(-c2ccccc2Cl)oc1NCC1CCCO1. The minimum atomic E-state index is -3.87. The van der Waals surface area contributed by atoms with Crippen molar-refractivity contribution < 1.29 is 17.6 Å². The van der Waals surface area contributed by atoms with Gasteiger partial charge in [-0.3, -0.25) is 0 Å². The molecule has 146 valence electrons. The van der Waals surface area contributed by atoms with E-state index in [4.69, 9.17) is 20.8 Å². The summed E-state index contributed by atoms with van der Waals surface area (Å²) in [6.07, 6.45) is 1.92. The molecular formula is C20H19ClN2O4S. The Balaban J connectivity index is 1.75. The summed E-state index contributed by atoms with van der Waals surface area (Å²) >= 11 is 6.24. The van der Waals surface area contributed by atoms with Crippen LogP contribution in [0.4, 0.5) is 5.88 Å². The van der Waals surface area contributed by atoms with Gasteiger partial charge in [0.05, 0.1) is 21.6 Å². The van der Waals surface area contributed by atoms with Crippen LogP contribution in [0.3, 0.4) is 0 Å². The summed E-state index contributed by atoms with van der Waals surface area (Å²) in [5.74, 6) is 0.240. The number of nitrogens with zero attached hydrogens (tertiary/aromatic N) is 1. The lowest BCUT2D eigenvalue weighted by Crippen LogP contribution is -2.19. The fraction of sp³-hybridized carbons (Fsp3) is 0.250. The third kappa shape index (κ3) is 3.78. The van der Waals surface area contributed by atoms with Gasteiger partial charge in [0, 0.05) is 13.2 Å². The van der Waals surface area contributed by atoms with Crippen molar-refractivity contribution in [1.82, 2.24) is 4.98 Å². The first-order chi connectivity index (χ1) is 13.6. The molecule has 1 aromatic heterocycles. The molecule has 3 aromatic rings. The van der Waals surface area contributed by atoms with Crippen LogP contribution in [0.5, 0.6) is 0 Å². The van der Waals surface area contributed by atoms with Gasteiger partial charge in [-0.05, 0) is 37.1 Å². The molecular weight excluding hydrogens is 400 g/mol. The predicted octanol–water partition coefficient (Wildman–Crippen LogP) is 4.42. The van der Waals surface area contributed by atoms with Crippen LogP contribution < -0.4 is 5.32 Å². The summed E-state index contributed by atoms with van der Waals surface area (Å²) in [7, 11) is -3.87. The van der Waals surface area contributed by atoms with Crippen molar-refractivity contribution in [2.45, 2.75) is 28.9 Å². The summed E-state index contributed by atoms with van der Waals surface area (Å²) in [5.41, 5.74) is 0.527. The monoisotopic (exact) mass is 418 g/mol. The number of anilines is 1. The standard InChI is InChI=1S/C20H19ClN2O4S/c21-17-11-5-4-10-16(17)18-23-20(28(24,25)15-8-2-1-3-9-15)19(27-18)22-13-14-7-6-12-26-14/h1-5,8-11,14,22H,6-7,12-13H2. The highest BCUT2D eigenvalue weighted by molar-refractivity contribution is 7.91. The molecule has 6 nitrogen and oxygen atoms in total. The molecule has 0 aliphatic carbocycles. The molecule has 0 saturated carbocycles. The third-order valence-corrected chi connectivity index (χ3v) is 6.53. The van der Waals surface area contributed by atoms with Crippen LogP contribution in [-0.4, -0.2) is 32.7 Å². The molecule has 8 heteroatoms. The van der Waals surface area contributed by atoms with Gasteiger partial charge in [0.2, 0.25) is 26.6 Å². The fourth-order valence-corrected chi connectivity index (χ4v) is 4.59. The Kier molecular flexibility index (Phi) is 5.39. The van der Waals surface area contributed by atoms with E-state index in [1.54, 1.807) is 42.5 Å². The predicted molar refractivity (Wildman–Crippen MR) is 106 cm³/mol. The van der Waals surface area contributed by atoms with E-state index < -0.39 is 9.84 Å². The first kappa shape index (κ1) is 19.0.